The molecule has 5 heteroatoms. The highest BCUT2D eigenvalue weighted by Gasteiger charge is 2.10. The summed E-state index contributed by atoms with van der Waals surface area (Å²) < 4.78 is 5.57. The highest BCUT2D eigenvalue weighted by atomic mass is 16.5. The SMILES string of the molecule is CC(C)Oc1ccc(NC(=O)N(C)Cc2ccccn2)cc1. The third-order valence-corrected chi connectivity index (χ3v) is 2.95. The highest BCUT2D eigenvalue weighted by molar-refractivity contribution is 5.89. The number of hydrogen-bond donors (Lipinski definition) is 1. The molecule has 1 N–H and O–H groups in total. The summed E-state index contributed by atoms with van der Waals surface area (Å²) in [5, 5.41) is 2.85. The quantitative estimate of drug-likeness (QED) is 0.919. The zero-order valence-corrected chi connectivity index (χ0v) is 13.1. The molecule has 2 rings (SSSR count). The Labute approximate surface area is 130 Å². The topological polar surface area (TPSA) is 54.5 Å². The van der Waals surface area contributed by atoms with Crippen LogP contribution in [0.5, 0.6) is 5.75 Å². The van der Waals surface area contributed by atoms with E-state index in [1.807, 2.05) is 56.3 Å². The van der Waals surface area contributed by atoms with Gasteiger partial charge in [0.15, 0.2) is 0 Å². The lowest BCUT2D eigenvalue weighted by molar-refractivity contribution is 0.220. The summed E-state index contributed by atoms with van der Waals surface area (Å²) >= 11 is 0. The van der Waals surface area contributed by atoms with E-state index in [-0.39, 0.29) is 12.1 Å². The van der Waals surface area contributed by atoms with E-state index in [1.165, 1.54) is 0 Å². The summed E-state index contributed by atoms with van der Waals surface area (Å²) in [6, 6.07) is 12.8. The highest BCUT2D eigenvalue weighted by Crippen LogP contribution is 2.17. The lowest BCUT2D eigenvalue weighted by atomic mass is 10.3. The van der Waals surface area contributed by atoms with Gasteiger partial charge in [-0.25, -0.2) is 4.79 Å². The molecule has 0 aliphatic carbocycles. The molecule has 1 aromatic carbocycles. The Kier molecular flexibility index (Phi) is 5.36. The number of ether oxygens (including phenoxy) is 1. The number of amides is 2. The number of nitrogens with zero attached hydrogens (tertiary/aromatic N) is 2. The first-order chi connectivity index (χ1) is 10.5. The van der Waals surface area contributed by atoms with Crippen LogP contribution in [0.4, 0.5) is 10.5 Å². The van der Waals surface area contributed by atoms with Gasteiger partial charge in [0.05, 0.1) is 18.3 Å². The van der Waals surface area contributed by atoms with E-state index < -0.39 is 0 Å². The van der Waals surface area contributed by atoms with Crippen molar-refractivity contribution < 1.29 is 9.53 Å². The second-order valence-corrected chi connectivity index (χ2v) is 5.30. The normalized spacial score (nSPS) is 10.4. The first-order valence-electron chi connectivity index (χ1n) is 7.23. The van der Waals surface area contributed by atoms with Crippen molar-refractivity contribution in [3.63, 3.8) is 0 Å². The lowest BCUT2D eigenvalue weighted by Crippen LogP contribution is -2.31. The molecule has 22 heavy (non-hydrogen) atoms. The van der Waals surface area contributed by atoms with Gasteiger partial charge in [0.25, 0.3) is 0 Å². The van der Waals surface area contributed by atoms with Gasteiger partial charge in [0.1, 0.15) is 5.75 Å². The average Bonchev–Trinajstić information content (AvgIpc) is 2.49. The number of hydrogen-bond acceptors (Lipinski definition) is 3. The Morgan fingerprint density at radius 3 is 2.55 bits per heavy atom. The molecule has 0 unspecified atom stereocenters. The predicted molar refractivity (Wildman–Crippen MR) is 86.9 cm³/mol. The summed E-state index contributed by atoms with van der Waals surface area (Å²) in [4.78, 5) is 17.9. The fourth-order valence-corrected chi connectivity index (χ4v) is 1.91. The van der Waals surface area contributed by atoms with Gasteiger partial charge in [-0.2, -0.15) is 0 Å². The molecule has 0 radical (unpaired) electrons. The van der Waals surface area contributed by atoms with Crippen LogP contribution < -0.4 is 10.1 Å². The van der Waals surface area contributed by atoms with Crippen LogP contribution in [0.1, 0.15) is 19.5 Å². The van der Waals surface area contributed by atoms with Crippen LogP contribution >= 0.6 is 0 Å². The molecule has 0 saturated heterocycles. The van der Waals surface area contributed by atoms with Crippen molar-refractivity contribution in [3.8, 4) is 5.75 Å². The number of anilines is 1. The number of urea groups is 1. The predicted octanol–water partition coefficient (Wildman–Crippen LogP) is 3.53. The van der Waals surface area contributed by atoms with Gasteiger partial charge in [0, 0.05) is 18.9 Å². The summed E-state index contributed by atoms with van der Waals surface area (Å²) in [5.41, 5.74) is 1.58. The van der Waals surface area contributed by atoms with Crippen LogP contribution in [0.3, 0.4) is 0 Å². The third-order valence-electron chi connectivity index (χ3n) is 2.95. The molecule has 0 aliphatic rings. The van der Waals surface area contributed by atoms with Crippen molar-refractivity contribution in [1.82, 2.24) is 9.88 Å². The minimum atomic E-state index is -0.178. The maximum atomic E-state index is 12.1. The van der Waals surface area contributed by atoms with Crippen molar-refractivity contribution in [1.29, 1.82) is 0 Å². The molecular formula is C17H21N3O2. The van der Waals surface area contributed by atoms with Crippen molar-refractivity contribution in [2.45, 2.75) is 26.5 Å². The van der Waals surface area contributed by atoms with Crippen LogP contribution in [0.15, 0.2) is 48.7 Å². The molecule has 0 bridgehead atoms. The largest absolute Gasteiger partial charge is 0.491 e. The van der Waals surface area contributed by atoms with E-state index in [9.17, 15) is 4.79 Å². The molecule has 2 aromatic rings. The number of pyridine rings is 1. The van der Waals surface area contributed by atoms with Gasteiger partial charge in [-0.05, 0) is 50.2 Å². The van der Waals surface area contributed by atoms with E-state index in [0.717, 1.165) is 17.1 Å². The average molecular weight is 299 g/mol. The van der Waals surface area contributed by atoms with Crippen LogP contribution in [0.2, 0.25) is 0 Å². The molecule has 1 aromatic heterocycles. The molecule has 116 valence electrons. The minimum Gasteiger partial charge on any atom is -0.491 e. The van der Waals surface area contributed by atoms with Gasteiger partial charge >= 0.3 is 6.03 Å². The second kappa shape index (κ2) is 7.45. The van der Waals surface area contributed by atoms with E-state index in [4.69, 9.17) is 4.74 Å². The zero-order valence-electron chi connectivity index (χ0n) is 13.1. The van der Waals surface area contributed by atoms with Gasteiger partial charge in [-0.3, -0.25) is 4.98 Å². The molecular weight excluding hydrogens is 278 g/mol. The van der Waals surface area contributed by atoms with Crippen LogP contribution in [-0.4, -0.2) is 29.1 Å². The number of aromatic nitrogens is 1. The zero-order chi connectivity index (χ0) is 15.9. The summed E-state index contributed by atoms with van der Waals surface area (Å²) in [6.07, 6.45) is 1.85. The first-order valence-corrected chi connectivity index (χ1v) is 7.23. The Bertz CT molecular complexity index is 597. The monoisotopic (exact) mass is 299 g/mol. The maximum absolute atomic E-state index is 12.1. The number of carbonyl (C=O) groups is 1. The second-order valence-electron chi connectivity index (χ2n) is 5.30. The van der Waals surface area contributed by atoms with Gasteiger partial charge < -0.3 is 15.0 Å². The van der Waals surface area contributed by atoms with Gasteiger partial charge in [0.2, 0.25) is 0 Å². The summed E-state index contributed by atoms with van der Waals surface area (Å²) in [5.74, 6) is 0.787. The Morgan fingerprint density at radius 1 is 1.23 bits per heavy atom. The number of benzene rings is 1. The van der Waals surface area contributed by atoms with E-state index in [0.29, 0.717) is 6.54 Å². The summed E-state index contributed by atoms with van der Waals surface area (Å²) in [6.45, 7) is 4.41. The smallest absolute Gasteiger partial charge is 0.321 e. The number of nitrogens with one attached hydrogen (secondary N) is 1. The van der Waals surface area contributed by atoms with Gasteiger partial charge in [-0.1, -0.05) is 6.07 Å². The molecule has 1 heterocycles. The molecule has 0 spiro atoms. The summed E-state index contributed by atoms with van der Waals surface area (Å²) in [7, 11) is 1.74. The minimum absolute atomic E-state index is 0.130. The molecule has 2 amide bonds. The van der Waals surface area contributed by atoms with E-state index in [1.54, 1.807) is 18.1 Å². The third kappa shape index (κ3) is 4.77. The maximum Gasteiger partial charge on any atom is 0.321 e. The lowest BCUT2D eigenvalue weighted by Gasteiger charge is -2.18. The fraction of sp³-hybridized carbons (Fsp3) is 0.294. The molecule has 0 atom stereocenters. The fourth-order valence-electron chi connectivity index (χ4n) is 1.91. The molecule has 0 saturated carbocycles. The van der Waals surface area contributed by atoms with Gasteiger partial charge in [-0.15, -0.1) is 0 Å². The molecule has 0 aliphatic heterocycles. The Hall–Kier alpha value is -2.56. The molecule has 5 nitrogen and oxygen atoms in total. The van der Waals surface area contributed by atoms with Crippen molar-refractivity contribution in [2.24, 2.45) is 0 Å². The molecule has 0 fully saturated rings. The van der Waals surface area contributed by atoms with Crippen LogP contribution in [0.25, 0.3) is 0 Å². The first kappa shape index (κ1) is 15.8. The number of rotatable bonds is 5. The Balaban J connectivity index is 1.90. The van der Waals surface area contributed by atoms with Crippen molar-refractivity contribution in [2.75, 3.05) is 12.4 Å². The standard InChI is InChI=1S/C17H21N3O2/c1-13(2)22-16-9-7-14(8-10-16)19-17(21)20(3)12-15-6-4-5-11-18-15/h4-11,13H,12H2,1-3H3,(H,19,21). The number of carbonyl (C=O) groups excluding carboxylic acids is 1. The van der Waals surface area contributed by atoms with Crippen LogP contribution in [0, 0.1) is 0 Å². The Morgan fingerprint density at radius 2 is 1.95 bits per heavy atom. The van der Waals surface area contributed by atoms with Crippen LogP contribution in [-0.2, 0) is 6.54 Å². The van der Waals surface area contributed by atoms with E-state index in [2.05, 4.69) is 10.3 Å². The van der Waals surface area contributed by atoms with Crippen molar-refractivity contribution >= 4 is 11.7 Å². The van der Waals surface area contributed by atoms with Crippen molar-refractivity contribution in [3.05, 3.63) is 54.4 Å². The van der Waals surface area contributed by atoms with E-state index >= 15 is 0 Å².